The Bertz CT molecular complexity index is 681. The van der Waals surface area contributed by atoms with Crippen molar-refractivity contribution < 1.29 is 13.5 Å². The van der Waals surface area contributed by atoms with Gasteiger partial charge in [-0.05, 0) is 55.0 Å². The van der Waals surface area contributed by atoms with Crippen molar-refractivity contribution in [2.45, 2.75) is 18.8 Å². The molecule has 1 aromatic carbocycles. The van der Waals surface area contributed by atoms with Crippen molar-refractivity contribution in [2.75, 3.05) is 19.7 Å². The van der Waals surface area contributed by atoms with Gasteiger partial charge in [0.15, 0.2) is 11.6 Å². The predicted octanol–water partition coefficient (Wildman–Crippen LogP) is 4.18. The van der Waals surface area contributed by atoms with E-state index in [1.807, 2.05) is 0 Å². The highest BCUT2D eigenvalue weighted by molar-refractivity contribution is 6.30. The number of aromatic nitrogens is 1. The van der Waals surface area contributed by atoms with E-state index in [2.05, 4.69) is 10.3 Å². The lowest BCUT2D eigenvalue weighted by molar-refractivity contribution is 0.227. The lowest BCUT2D eigenvalue weighted by Gasteiger charge is -2.32. The summed E-state index contributed by atoms with van der Waals surface area (Å²) in [6.45, 7) is 2.21. The first-order valence-corrected chi connectivity index (χ1v) is 8.41. The Balaban J connectivity index is 1.61. The Labute approximate surface area is 145 Å². The SMILES string of the molecule is Fc1ccc([C@H]2CNCC[C@H]2CCOc2ccc(Cl)cn2)cc1F. The van der Waals surface area contributed by atoms with Gasteiger partial charge in [-0.1, -0.05) is 17.7 Å². The van der Waals surface area contributed by atoms with E-state index in [1.165, 1.54) is 12.1 Å². The molecular formula is C18H19ClF2N2O. The molecule has 24 heavy (non-hydrogen) atoms. The molecule has 1 N–H and O–H groups in total. The van der Waals surface area contributed by atoms with Crippen LogP contribution in [0.25, 0.3) is 0 Å². The molecule has 0 radical (unpaired) electrons. The summed E-state index contributed by atoms with van der Waals surface area (Å²) >= 11 is 5.80. The molecule has 3 rings (SSSR count). The van der Waals surface area contributed by atoms with Crippen molar-refractivity contribution in [3.05, 3.63) is 58.7 Å². The molecule has 1 aliphatic heterocycles. The van der Waals surface area contributed by atoms with Gasteiger partial charge in [-0.2, -0.15) is 0 Å². The molecule has 1 aliphatic rings. The van der Waals surface area contributed by atoms with Crippen molar-refractivity contribution >= 4 is 11.6 Å². The molecule has 0 unspecified atom stereocenters. The van der Waals surface area contributed by atoms with Crippen molar-refractivity contribution in [3.63, 3.8) is 0 Å². The molecule has 0 saturated carbocycles. The van der Waals surface area contributed by atoms with Gasteiger partial charge in [0.2, 0.25) is 5.88 Å². The zero-order valence-corrected chi connectivity index (χ0v) is 13.9. The first-order chi connectivity index (χ1) is 11.6. The minimum absolute atomic E-state index is 0.149. The summed E-state index contributed by atoms with van der Waals surface area (Å²) in [6.07, 6.45) is 3.35. The van der Waals surface area contributed by atoms with Crippen LogP contribution in [-0.4, -0.2) is 24.7 Å². The number of pyridine rings is 1. The Morgan fingerprint density at radius 2 is 2.08 bits per heavy atom. The summed E-state index contributed by atoms with van der Waals surface area (Å²) < 4.78 is 32.3. The number of ether oxygens (including phenoxy) is 1. The number of benzene rings is 1. The molecule has 0 spiro atoms. The second-order valence-corrected chi connectivity index (χ2v) is 6.42. The van der Waals surface area contributed by atoms with Crippen LogP contribution in [0.1, 0.15) is 24.3 Å². The lowest BCUT2D eigenvalue weighted by atomic mass is 9.80. The third-order valence-corrected chi connectivity index (χ3v) is 4.66. The summed E-state index contributed by atoms with van der Waals surface area (Å²) in [5.74, 6) is -0.564. The minimum atomic E-state index is -0.809. The fourth-order valence-corrected chi connectivity index (χ4v) is 3.27. The van der Waals surface area contributed by atoms with Gasteiger partial charge in [-0.3, -0.25) is 0 Å². The van der Waals surface area contributed by atoms with Crippen LogP contribution in [0, 0.1) is 17.6 Å². The van der Waals surface area contributed by atoms with E-state index in [-0.39, 0.29) is 5.92 Å². The van der Waals surface area contributed by atoms with Crippen LogP contribution < -0.4 is 10.1 Å². The number of hydrogen-bond donors (Lipinski definition) is 1. The second-order valence-electron chi connectivity index (χ2n) is 5.98. The topological polar surface area (TPSA) is 34.1 Å². The smallest absolute Gasteiger partial charge is 0.213 e. The molecule has 1 aromatic heterocycles. The van der Waals surface area contributed by atoms with E-state index < -0.39 is 11.6 Å². The van der Waals surface area contributed by atoms with Gasteiger partial charge in [-0.15, -0.1) is 0 Å². The third-order valence-electron chi connectivity index (χ3n) is 4.44. The summed E-state index contributed by atoms with van der Waals surface area (Å²) in [7, 11) is 0. The molecule has 1 fully saturated rings. The van der Waals surface area contributed by atoms with Crippen LogP contribution >= 0.6 is 11.6 Å². The van der Waals surface area contributed by atoms with Crippen molar-refractivity contribution in [3.8, 4) is 5.88 Å². The van der Waals surface area contributed by atoms with Crippen LogP contribution in [0.15, 0.2) is 36.5 Å². The Kier molecular flexibility index (Phi) is 5.63. The normalized spacial score (nSPS) is 20.8. The molecule has 2 aromatic rings. The second kappa shape index (κ2) is 7.90. The first kappa shape index (κ1) is 17.1. The molecule has 0 aliphatic carbocycles. The molecule has 1 saturated heterocycles. The van der Waals surface area contributed by atoms with Crippen LogP contribution in [-0.2, 0) is 0 Å². The summed E-state index contributed by atoms with van der Waals surface area (Å²) in [5.41, 5.74) is 0.829. The molecule has 0 bridgehead atoms. The number of piperidine rings is 1. The van der Waals surface area contributed by atoms with Gasteiger partial charge in [0.05, 0.1) is 11.6 Å². The average Bonchev–Trinajstić information content (AvgIpc) is 2.60. The predicted molar refractivity (Wildman–Crippen MR) is 89.4 cm³/mol. The van der Waals surface area contributed by atoms with Crippen LogP contribution in [0.5, 0.6) is 5.88 Å². The molecule has 2 heterocycles. The highest BCUT2D eigenvalue weighted by Crippen LogP contribution is 2.32. The Morgan fingerprint density at radius 1 is 1.21 bits per heavy atom. The first-order valence-electron chi connectivity index (χ1n) is 8.03. The number of halogens is 3. The summed E-state index contributed by atoms with van der Waals surface area (Å²) in [6, 6.07) is 7.65. The van der Waals surface area contributed by atoms with Crippen molar-refractivity contribution in [2.24, 2.45) is 5.92 Å². The monoisotopic (exact) mass is 352 g/mol. The largest absolute Gasteiger partial charge is 0.478 e. The minimum Gasteiger partial charge on any atom is -0.478 e. The zero-order valence-electron chi connectivity index (χ0n) is 13.1. The molecule has 3 nitrogen and oxygen atoms in total. The highest BCUT2D eigenvalue weighted by atomic mass is 35.5. The van der Waals surface area contributed by atoms with E-state index in [9.17, 15) is 8.78 Å². The Hall–Kier alpha value is -1.72. The highest BCUT2D eigenvalue weighted by Gasteiger charge is 2.27. The number of nitrogens with one attached hydrogen (secondary N) is 1. The molecular weight excluding hydrogens is 334 g/mol. The quantitative estimate of drug-likeness (QED) is 0.876. The molecule has 6 heteroatoms. The van der Waals surface area contributed by atoms with Gasteiger partial charge < -0.3 is 10.1 Å². The number of hydrogen-bond acceptors (Lipinski definition) is 3. The van der Waals surface area contributed by atoms with E-state index in [0.717, 1.165) is 31.5 Å². The van der Waals surface area contributed by atoms with Gasteiger partial charge in [-0.25, -0.2) is 13.8 Å². The fraction of sp³-hybridized carbons (Fsp3) is 0.389. The van der Waals surface area contributed by atoms with E-state index in [4.69, 9.17) is 16.3 Å². The van der Waals surface area contributed by atoms with Crippen LogP contribution in [0.4, 0.5) is 8.78 Å². The van der Waals surface area contributed by atoms with Gasteiger partial charge >= 0.3 is 0 Å². The Morgan fingerprint density at radius 3 is 2.83 bits per heavy atom. The molecule has 128 valence electrons. The van der Waals surface area contributed by atoms with Crippen LogP contribution in [0.3, 0.4) is 0 Å². The maximum absolute atomic E-state index is 13.5. The van der Waals surface area contributed by atoms with E-state index in [0.29, 0.717) is 23.4 Å². The fourth-order valence-electron chi connectivity index (χ4n) is 3.15. The van der Waals surface area contributed by atoms with Crippen LogP contribution in [0.2, 0.25) is 5.02 Å². The number of rotatable bonds is 5. The van der Waals surface area contributed by atoms with Gasteiger partial charge in [0, 0.05) is 18.8 Å². The van der Waals surface area contributed by atoms with E-state index in [1.54, 1.807) is 24.4 Å². The molecule has 0 amide bonds. The van der Waals surface area contributed by atoms with Gasteiger partial charge in [0.1, 0.15) is 0 Å². The average molecular weight is 353 g/mol. The lowest BCUT2D eigenvalue weighted by Crippen LogP contribution is -2.35. The zero-order chi connectivity index (χ0) is 16.9. The van der Waals surface area contributed by atoms with Crippen molar-refractivity contribution in [1.82, 2.24) is 10.3 Å². The van der Waals surface area contributed by atoms with Crippen molar-refractivity contribution in [1.29, 1.82) is 0 Å². The summed E-state index contributed by atoms with van der Waals surface area (Å²) in [4.78, 5) is 4.10. The standard InChI is InChI=1S/C18H19ClF2N2O/c19-14-2-4-18(23-10-14)24-8-6-12-5-7-22-11-15(12)13-1-3-16(20)17(21)9-13/h1-4,9-10,12,15,22H,5-8,11H2/t12-,15-/m0/s1. The molecule has 2 atom stereocenters. The van der Waals surface area contributed by atoms with E-state index >= 15 is 0 Å². The maximum atomic E-state index is 13.5. The number of nitrogens with zero attached hydrogens (tertiary/aromatic N) is 1. The maximum Gasteiger partial charge on any atom is 0.213 e. The summed E-state index contributed by atoms with van der Waals surface area (Å²) in [5, 5.41) is 3.90. The van der Waals surface area contributed by atoms with Gasteiger partial charge in [0.25, 0.3) is 0 Å². The third kappa shape index (κ3) is 4.22.